The number of benzene rings is 1. The summed E-state index contributed by atoms with van der Waals surface area (Å²) in [5, 5.41) is 0. The molecule has 0 aromatic heterocycles. The number of hydrogen-bond donors (Lipinski definition) is 0. The molecule has 124 valence electrons. The quantitative estimate of drug-likeness (QED) is 0.775. The second kappa shape index (κ2) is 6.46. The molecule has 1 saturated heterocycles. The fraction of sp³-hybridized carbons (Fsp3) is 0.500. The fourth-order valence-corrected chi connectivity index (χ4v) is 3.71. The number of piperazine rings is 1. The minimum atomic E-state index is -0.875. The molecule has 1 aliphatic carbocycles. The minimum Gasteiger partial charge on any atom is -0.340 e. The van der Waals surface area contributed by atoms with E-state index in [4.69, 9.17) is 23.2 Å². The molecule has 0 spiro atoms. The van der Waals surface area contributed by atoms with Gasteiger partial charge in [0.2, 0.25) is 5.91 Å². The Hall–Kier alpha value is -1.03. The van der Waals surface area contributed by atoms with Gasteiger partial charge < -0.3 is 4.90 Å². The summed E-state index contributed by atoms with van der Waals surface area (Å²) in [5.74, 6) is 0.0991. The molecule has 2 aliphatic rings. The maximum Gasteiger partial charge on any atom is 0.231 e. The van der Waals surface area contributed by atoms with Gasteiger partial charge in [-0.25, -0.2) is 0 Å². The highest BCUT2D eigenvalue weighted by Gasteiger charge is 2.68. The smallest absolute Gasteiger partial charge is 0.231 e. The van der Waals surface area contributed by atoms with E-state index in [-0.39, 0.29) is 5.91 Å². The first kappa shape index (κ1) is 16.8. The average molecular weight is 353 g/mol. The van der Waals surface area contributed by atoms with Crippen LogP contribution in [0.2, 0.25) is 0 Å². The van der Waals surface area contributed by atoms with Crippen LogP contribution in [-0.2, 0) is 4.79 Å². The highest BCUT2D eigenvalue weighted by Crippen LogP contribution is 2.64. The molecule has 0 radical (unpaired) electrons. The van der Waals surface area contributed by atoms with Crippen LogP contribution in [0.15, 0.2) is 36.4 Å². The molecule has 0 bridgehead atoms. The van der Waals surface area contributed by atoms with Crippen LogP contribution in [0.3, 0.4) is 0 Å². The van der Waals surface area contributed by atoms with Crippen LogP contribution in [0, 0.1) is 5.41 Å². The van der Waals surface area contributed by atoms with Crippen molar-refractivity contribution < 1.29 is 4.79 Å². The lowest BCUT2D eigenvalue weighted by Gasteiger charge is -2.35. The van der Waals surface area contributed by atoms with Crippen LogP contribution in [0.5, 0.6) is 0 Å². The zero-order valence-electron chi connectivity index (χ0n) is 13.3. The van der Waals surface area contributed by atoms with Crippen LogP contribution >= 0.6 is 23.2 Å². The minimum absolute atomic E-state index is 0.0991. The van der Waals surface area contributed by atoms with E-state index in [1.165, 1.54) is 5.56 Å². The summed E-state index contributed by atoms with van der Waals surface area (Å²) in [6.45, 7) is 6.04. The summed E-state index contributed by atoms with van der Waals surface area (Å²) in [5.41, 5.74) is 0.620. The van der Waals surface area contributed by atoms with Crippen LogP contribution < -0.4 is 0 Å². The number of alkyl halides is 2. The molecule has 1 saturated carbocycles. The van der Waals surface area contributed by atoms with Gasteiger partial charge in [0.1, 0.15) is 4.33 Å². The lowest BCUT2D eigenvalue weighted by molar-refractivity contribution is -0.138. The highest BCUT2D eigenvalue weighted by atomic mass is 35.5. The normalized spacial score (nSPS) is 27.3. The molecule has 2 fully saturated rings. The zero-order chi connectivity index (χ0) is 16.5. The topological polar surface area (TPSA) is 23.6 Å². The lowest BCUT2D eigenvalue weighted by Crippen LogP contribution is -2.51. The first-order chi connectivity index (χ1) is 10.9. The van der Waals surface area contributed by atoms with Crippen molar-refractivity contribution in [2.45, 2.75) is 17.7 Å². The lowest BCUT2D eigenvalue weighted by atomic mass is 10.1. The monoisotopic (exact) mass is 352 g/mol. The molecule has 1 heterocycles. The Balaban J connectivity index is 1.46. The SMILES string of the molecule is C[C@]1(C(=O)N2CCN(C/C=C/c3ccccc3)CC2)CC1(Cl)Cl. The number of carbonyl (C=O) groups is 1. The van der Waals surface area contributed by atoms with Crippen molar-refractivity contribution in [3.8, 4) is 0 Å². The standard InChI is InChI=1S/C18H22Cl2N2O/c1-17(14-18(17,19)20)16(23)22-12-10-21(11-13-22)9-5-8-15-6-3-2-4-7-15/h2-8H,9-14H2,1H3/b8-5+/t17-/m1/s1. The summed E-state index contributed by atoms with van der Waals surface area (Å²) in [7, 11) is 0. The molecule has 1 atom stereocenters. The van der Waals surface area contributed by atoms with Gasteiger partial charge in [-0.2, -0.15) is 0 Å². The Morgan fingerprint density at radius 2 is 1.78 bits per heavy atom. The molecule has 23 heavy (non-hydrogen) atoms. The van der Waals surface area contributed by atoms with Gasteiger partial charge in [-0.3, -0.25) is 9.69 Å². The van der Waals surface area contributed by atoms with Gasteiger partial charge in [-0.1, -0.05) is 42.5 Å². The number of rotatable bonds is 4. The maximum absolute atomic E-state index is 12.5. The van der Waals surface area contributed by atoms with E-state index >= 15 is 0 Å². The van der Waals surface area contributed by atoms with Crippen molar-refractivity contribution in [2.75, 3.05) is 32.7 Å². The Kier molecular flexibility index (Phi) is 4.73. The van der Waals surface area contributed by atoms with Gasteiger partial charge >= 0.3 is 0 Å². The number of carbonyl (C=O) groups excluding carboxylic acids is 1. The molecule has 0 N–H and O–H groups in total. The van der Waals surface area contributed by atoms with Gasteiger partial charge in [0.15, 0.2) is 0 Å². The van der Waals surface area contributed by atoms with Crippen LogP contribution in [0.1, 0.15) is 18.9 Å². The van der Waals surface area contributed by atoms with E-state index in [2.05, 4.69) is 29.2 Å². The molecule has 3 rings (SSSR count). The van der Waals surface area contributed by atoms with Crippen LogP contribution in [0.25, 0.3) is 6.08 Å². The third-order valence-corrected chi connectivity index (χ3v) is 5.96. The zero-order valence-corrected chi connectivity index (χ0v) is 14.9. The molecular formula is C18H22Cl2N2O. The average Bonchev–Trinajstić information content (AvgIpc) is 3.08. The van der Waals surface area contributed by atoms with Gasteiger partial charge in [-0.15, -0.1) is 23.2 Å². The largest absolute Gasteiger partial charge is 0.340 e. The second-order valence-electron chi connectivity index (χ2n) is 6.62. The van der Waals surface area contributed by atoms with E-state index in [1.807, 2.05) is 30.0 Å². The first-order valence-electron chi connectivity index (χ1n) is 8.03. The summed E-state index contributed by atoms with van der Waals surface area (Å²) in [6, 6.07) is 10.3. The van der Waals surface area contributed by atoms with E-state index in [0.29, 0.717) is 6.42 Å². The molecule has 1 aromatic carbocycles. The Labute approximate surface area is 147 Å². The number of hydrogen-bond acceptors (Lipinski definition) is 2. The summed E-state index contributed by atoms with van der Waals surface area (Å²) >= 11 is 12.2. The number of halogens is 2. The molecule has 0 unspecified atom stereocenters. The van der Waals surface area contributed by atoms with Crippen LogP contribution in [0.4, 0.5) is 0 Å². The highest BCUT2D eigenvalue weighted by molar-refractivity contribution is 6.53. The Morgan fingerprint density at radius 3 is 2.35 bits per heavy atom. The number of nitrogens with zero attached hydrogens (tertiary/aromatic N) is 2. The molecule has 1 amide bonds. The molecule has 1 aliphatic heterocycles. The van der Waals surface area contributed by atoms with E-state index in [0.717, 1.165) is 32.7 Å². The molecule has 5 heteroatoms. The van der Waals surface area contributed by atoms with Crippen LogP contribution in [-0.4, -0.2) is 52.8 Å². The summed E-state index contributed by atoms with van der Waals surface area (Å²) in [4.78, 5) is 16.8. The summed E-state index contributed by atoms with van der Waals surface area (Å²) in [6.07, 6.45) is 4.87. The van der Waals surface area contributed by atoms with Crippen molar-refractivity contribution in [3.05, 3.63) is 42.0 Å². The van der Waals surface area contributed by atoms with Gasteiger partial charge in [0, 0.05) is 32.7 Å². The predicted molar refractivity (Wildman–Crippen MR) is 95.7 cm³/mol. The predicted octanol–water partition coefficient (Wildman–Crippen LogP) is 3.43. The third kappa shape index (κ3) is 3.57. The third-order valence-electron chi connectivity index (χ3n) is 4.86. The van der Waals surface area contributed by atoms with Crippen molar-refractivity contribution in [2.24, 2.45) is 5.41 Å². The van der Waals surface area contributed by atoms with Crippen molar-refractivity contribution in [1.82, 2.24) is 9.80 Å². The van der Waals surface area contributed by atoms with E-state index < -0.39 is 9.75 Å². The van der Waals surface area contributed by atoms with Crippen molar-refractivity contribution in [1.29, 1.82) is 0 Å². The van der Waals surface area contributed by atoms with Crippen molar-refractivity contribution in [3.63, 3.8) is 0 Å². The Morgan fingerprint density at radius 1 is 1.17 bits per heavy atom. The van der Waals surface area contributed by atoms with Gasteiger partial charge in [-0.05, 0) is 18.9 Å². The van der Waals surface area contributed by atoms with Gasteiger partial charge in [0.05, 0.1) is 5.41 Å². The molecule has 3 nitrogen and oxygen atoms in total. The fourth-order valence-electron chi connectivity index (χ4n) is 3.02. The summed E-state index contributed by atoms with van der Waals surface area (Å²) < 4.78 is -0.875. The van der Waals surface area contributed by atoms with E-state index in [1.54, 1.807) is 0 Å². The first-order valence-corrected chi connectivity index (χ1v) is 8.79. The molecular weight excluding hydrogens is 331 g/mol. The van der Waals surface area contributed by atoms with Crippen molar-refractivity contribution >= 4 is 35.2 Å². The second-order valence-corrected chi connectivity index (χ2v) is 8.10. The Bertz CT molecular complexity index is 594. The van der Waals surface area contributed by atoms with E-state index in [9.17, 15) is 4.79 Å². The maximum atomic E-state index is 12.5. The number of amides is 1. The molecule has 1 aromatic rings. The van der Waals surface area contributed by atoms with Gasteiger partial charge in [0.25, 0.3) is 0 Å².